The van der Waals surface area contributed by atoms with E-state index in [9.17, 15) is 0 Å². The highest BCUT2D eigenvalue weighted by atomic mass is 16.5. The molecular formula is C22H30N4O. The van der Waals surface area contributed by atoms with Gasteiger partial charge in [-0.15, -0.1) is 0 Å². The van der Waals surface area contributed by atoms with E-state index < -0.39 is 0 Å². The van der Waals surface area contributed by atoms with E-state index in [2.05, 4.69) is 53.2 Å². The van der Waals surface area contributed by atoms with Crippen molar-refractivity contribution in [3.8, 4) is 0 Å². The van der Waals surface area contributed by atoms with Gasteiger partial charge in [-0.3, -0.25) is 0 Å². The molecule has 3 saturated carbocycles. The Hall–Kier alpha value is -1.72. The zero-order valence-electron chi connectivity index (χ0n) is 16.2. The number of hydrogen-bond acceptors (Lipinski definition) is 5. The maximum atomic E-state index is 5.70. The normalized spacial score (nSPS) is 31.6. The van der Waals surface area contributed by atoms with E-state index in [0.717, 1.165) is 31.1 Å². The maximum Gasteiger partial charge on any atom is 0.229 e. The minimum absolute atomic E-state index is 0.119. The summed E-state index contributed by atoms with van der Waals surface area (Å²) in [5.74, 6) is 2.94. The minimum atomic E-state index is 0.119. The highest BCUT2D eigenvalue weighted by Gasteiger charge is 2.50. The van der Waals surface area contributed by atoms with Gasteiger partial charge in [-0.05, 0) is 57.6 Å². The Bertz CT molecular complexity index is 762. The lowest BCUT2D eigenvalue weighted by atomic mass is 9.86. The summed E-state index contributed by atoms with van der Waals surface area (Å²) >= 11 is 0. The summed E-state index contributed by atoms with van der Waals surface area (Å²) in [6.45, 7) is 0.979. The number of hydrogen-bond donors (Lipinski definition) is 2. The molecule has 3 fully saturated rings. The largest absolute Gasteiger partial charge is 0.339 e. The summed E-state index contributed by atoms with van der Waals surface area (Å²) in [7, 11) is 2.06. The first-order valence-electron chi connectivity index (χ1n) is 10.6. The molecule has 2 N–H and O–H groups in total. The Kier molecular flexibility index (Phi) is 4.52. The second kappa shape index (κ2) is 7.02. The number of rotatable bonds is 7. The quantitative estimate of drug-likeness (QED) is 0.785. The summed E-state index contributed by atoms with van der Waals surface area (Å²) in [5, 5.41) is 11.6. The van der Waals surface area contributed by atoms with Gasteiger partial charge in [-0.2, -0.15) is 4.98 Å². The standard InChI is InChI=1S/C22H30N4O/c1-23-17-9-7-16(8-10-17)20-25-21(26-27-20)22(11-12-22)14-24-19-13-18(19)15-5-3-2-4-6-15/h2-6,16-19,23-24H,7-14H2,1H3/t16-,17-,18-,19+/m0/s1. The molecule has 5 nitrogen and oxygen atoms in total. The van der Waals surface area contributed by atoms with Gasteiger partial charge in [-0.25, -0.2) is 0 Å². The monoisotopic (exact) mass is 366 g/mol. The first kappa shape index (κ1) is 17.4. The van der Waals surface area contributed by atoms with Crippen LogP contribution in [0.1, 0.15) is 74.1 Å². The third-order valence-electron chi connectivity index (χ3n) is 6.98. The van der Waals surface area contributed by atoms with E-state index in [1.807, 2.05) is 0 Å². The summed E-state index contributed by atoms with van der Waals surface area (Å²) in [4.78, 5) is 4.86. The average Bonchev–Trinajstić information content (AvgIpc) is 3.64. The van der Waals surface area contributed by atoms with Crippen LogP contribution in [-0.2, 0) is 5.41 Å². The molecular weight excluding hydrogens is 336 g/mol. The van der Waals surface area contributed by atoms with E-state index in [1.165, 1.54) is 37.7 Å². The van der Waals surface area contributed by atoms with Gasteiger partial charge >= 0.3 is 0 Å². The Balaban J connectivity index is 1.17. The zero-order chi connectivity index (χ0) is 18.3. The van der Waals surface area contributed by atoms with Crippen LogP contribution in [0.3, 0.4) is 0 Å². The first-order chi connectivity index (χ1) is 13.3. The van der Waals surface area contributed by atoms with Crippen LogP contribution < -0.4 is 10.6 Å². The predicted octanol–water partition coefficient (Wildman–Crippen LogP) is 3.49. The van der Waals surface area contributed by atoms with Crippen molar-refractivity contribution in [1.29, 1.82) is 0 Å². The average molecular weight is 367 g/mol. The Labute approximate surface area is 161 Å². The number of aromatic nitrogens is 2. The van der Waals surface area contributed by atoms with Crippen molar-refractivity contribution in [3.63, 3.8) is 0 Å². The Morgan fingerprint density at radius 2 is 1.89 bits per heavy atom. The van der Waals surface area contributed by atoms with Crippen LogP contribution in [0, 0.1) is 0 Å². The van der Waals surface area contributed by atoms with Crippen LogP contribution in [0.25, 0.3) is 0 Å². The first-order valence-corrected chi connectivity index (χ1v) is 10.6. The minimum Gasteiger partial charge on any atom is -0.339 e. The van der Waals surface area contributed by atoms with Crippen molar-refractivity contribution in [1.82, 2.24) is 20.8 Å². The van der Waals surface area contributed by atoms with Crippen molar-refractivity contribution >= 4 is 0 Å². The molecule has 1 aromatic heterocycles. The van der Waals surface area contributed by atoms with Gasteiger partial charge in [-0.1, -0.05) is 35.5 Å². The van der Waals surface area contributed by atoms with Crippen molar-refractivity contribution in [2.24, 2.45) is 0 Å². The topological polar surface area (TPSA) is 63.0 Å². The second-order valence-electron chi connectivity index (χ2n) is 8.81. The van der Waals surface area contributed by atoms with Crippen LogP contribution in [0.5, 0.6) is 0 Å². The molecule has 3 aliphatic rings. The third-order valence-corrected chi connectivity index (χ3v) is 6.98. The highest BCUT2D eigenvalue weighted by Crippen LogP contribution is 2.48. The van der Waals surface area contributed by atoms with Crippen LogP contribution >= 0.6 is 0 Å². The fourth-order valence-corrected chi connectivity index (χ4v) is 4.69. The lowest BCUT2D eigenvalue weighted by Gasteiger charge is -2.25. The van der Waals surface area contributed by atoms with Gasteiger partial charge in [0.1, 0.15) is 0 Å². The number of nitrogens with zero attached hydrogens (tertiary/aromatic N) is 2. The smallest absolute Gasteiger partial charge is 0.229 e. The highest BCUT2D eigenvalue weighted by molar-refractivity contribution is 5.28. The molecule has 3 aliphatic carbocycles. The van der Waals surface area contributed by atoms with Gasteiger partial charge in [0, 0.05) is 35.9 Å². The fraction of sp³-hybridized carbons (Fsp3) is 0.636. The maximum absolute atomic E-state index is 5.70. The molecule has 144 valence electrons. The molecule has 5 rings (SSSR count). The molecule has 5 heteroatoms. The van der Waals surface area contributed by atoms with Crippen LogP contribution in [0.4, 0.5) is 0 Å². The third kappa shape index (κ3) is 3.55. The summed E-state index contributed by atoms with van der Waals surface area (Å²) < 4.78 is 5.70. The van der Waals surface area contributed by atoms with Crippen molar-refractivity contribution in [2.45, 2.75) is 74.3 Å². The SMILES string of the molecule is CN[C@H]1CC[C@H](c2nc(C3(CN[C@@H]4C[C@H]4c4ccccc4)CC3)no2)CC1. The van der Waals surface area contributed by atoms with Gasteiger partial charge in [0.15, 0.2) is 5.82 Å². The molecule has 0 bridgehead atoms. The molecule has 0 spiro atoms. The number of benzene rings is 1. The summed E-state index contributed by atoms with van der Waals surface area (Å²) in [6.07, 6.45) is 8.30. The molecule has 0 aliphatic heterocycles. The van der Waals surface area contributed by atoms with Gasteiger partial charge in [0.2, 0.25) is 5.89 Å². The fourth-order valence-electron chi connectivity index (χ4n) is 4.69. The van der Waals surface area contributed by atoms with Gasteiger partial charge < -0.3 is 15.2 Å². The van der Waals surface area contributed by atoms with Crippen molar-refractivity contribution in [3.05, 3.63) is 47.6 Å². The molecule has 1 aromatic carbocycles. The Morgan fingerprint density at radius 1 is 1.11 bits per heavy atom. The predicted molar refractivity (Wildman–Crippen MR) is 105 cm³/mol. The van der Waals surface area contributed by atoms with Crippen LogP contribution in [0.2, 0.25) is 0 Å². The molecule has 0 unspecified atom stereocenters. The van der Waals surface area contributed by atoms with E-state index in [4.69, 9.17) is 9.51 Å². The summed E-state index contributed by atoms with van der Waals surface area (Å²) in [5.41, 5.74) is 1.58. The Morgan fingerprint density at radius 3 is 2.59 bits per heavy atom. The van der Waals surface area contributed by atoms with Crippen LogP contribution in [-0.4, -0.2) is 35.8 Å². The van der Waals surface area contributed by atoms with E-state index in [1.54, 1.807) is 0 Å². The van der Waals surface area contributed by atoms with Crippen LogP contribution in [0.15, 0.2) is 34.9 Å². The summed E-state index contributed by atoms with van der Waals surface area (Å²) in [6, 6.07) is 12.1. The van der Waals surface area contributed by atoms with E-state index >= 15 is 0 Å². The molecule has 0 saturated heterocycles. The van der Waals surface area contributed by atoms with E-state index in [0.29, 0.717) is 23.9 Å². The molecule has 27 heavy (non-hydrogen) atoms. The van der Waals surface area contributed by atoms with Crippen molar-refractivity contribution in [2.75, 3.05) is 13.6 Å². The lowest BCUT2D eigenvalue weighted by Crippen LogP contribution is -2.30. The van der Waals surface area contributed by atoms with Crippen molar-refractivity contribution < 1.29 is 4.52 Å². The number of nitrogens with one attached hydrogen (secondary N) is 2. The molecule has 2 aromatic rings. The molecule has 0 amide bonds. The lowest BCUT2D eigenvalue weighted by molar-refractivity contribution is 0.286. The zero-order valence-corrected chi connectivity index (χ0v) is 16.2. The van der Waals surface area contributed by atoms with Gasteiger partial charge in [0.25, 0.3) is 0 Å². The molecule has 2 atom stereocenters. The molecule has 0 radical (unpaired) electrons. The van der Waals surface area contributed by atoms with E-state index in [-0.39, 0.29) is 5.41 Å². The molecule has 1 heterocycles. The van der Waals surface area contributed by atoms with Gasteiger partial charge in [0.05, 0.1) is 0 Å². The second-order valence-corrected chi connectivity index (χ2v) is 8.81.